The Bertz CT molecular complexity index is 1550. The highest BCUT2D eigenvalue weighted by molar-refractivity contribution is 5.92. The zero-order valence-corrected chi connectivity index (χ0v) is 28.2. The Morgan fingerprint density at radius 2 is 1.75 bits per heavy atom. The van der Waals surface area contributed by atoms with Crippen LogP contribution in [0.4, 0.5) is 22.4 Å². The van der Waals surface area contributed by atoms with E-state index in [1.54, 1.807) is 27.7 Å². The fraction of sp³-hybridized carbons (Fsp3) is 0.676. The highest BCUT2D eigenvalue weighted by Gasteiger charge is 2.60. The molecule has 3 aliphatic rings. The highest BCUT2D eigenvalue weighted by atomic mass is 19.3. The summed E-state index contributed by atoms with van der Waals surface area (Å²) in [6, 6.07) is 2.06. The molecule has 1 saturated heterocycles. The summed E-state index contributed by atoms with van der Waals surface area (Å²) < 4.78 is 80.5. The van der Waals surface area contributed by atoms with E-state index in [0.29, 0.717) is 25.0 Å². The van der Waals surface area contributed by atoms with E-state index in [4.69, 9.17) is 14.2 Å². The normalized spacial score (nSPS) is 29.5. The number of methoxy groups -OCH3 is 1. The van der Waals surface area contributed by atoms with Crippen molar-refractivity contribution in [3.63, 3.8) is 0 Å². The lowest BCUT2D eigenvalue weighted by molar-refractivity contribution is -0.223. The van der Waals surface area contributed by atoms with Crippen LogP contribution in [0.3, 0.4) is 0 Å². The first-order valence-corrected chi connectivity index (χ1v) is 16.5. The summed E-state index contributed by atoms with van der Waals surface area (Å²) in [5.74, 6) is -11.8. The van der Waals surface area contributed by atoms with E-state index >= 15 is 17.6 Å². The second-order valence-corrected chi connectivity index (χ2v) is 14.3. The number of carbonyl (C=O) groups is 3. The number of alkyl halides is 4. The molecule has 0 unspecified atom stereocenters. The minimum Gasteiger partial charge on any atom is -0.497 e. The largest absolute Gasteiger partial charge is 0.497 e. The summed E-state index contributed by atoms with van der Waals surface area (Å²) in [7, 11) is 1.40. The van der Waals surface area contributed by atoms with Crippen LogP contribution >= 0.6 is 0 Å². The first kappa shape index (κ1) is 35.6. The maximum absolute atomic E-state index is 16.1. The van der Waals surface area contributed by atoms with Gasteiger partial charge < -0.3 is 24.4 Å². The van der Waals surface area contributed by atoms with Crippen molar-refractivity contribution >= 4 is 28.8 Å². The number of nitrogens with one attached hydrogen (secondary N) is 1. The van der Waals surface area contributed by atoms with Crippen LogP contribution in [0.15, 0.2) is 18.2 Å². The Hall–Kier alpha value is -3.71. The van der Waals surface area contributed by atoms with Crippen LogP contribution in [0.1, 0.15) is 85.3 Å². The van der Waals surface area contributed by atoms with Crippen LogP contribution in [0.2, 0.25) is 0 Å². The number of aromatic nitrogens is 2. The molecule has 3 heterocycles. The van der Waals surface area contributed by atoms with Crippen LogP contribution in [0.5, 0.6) is 11.6 Å². The van der Waals surface area contributed by atoms with Crippen LogP contribution in [-0.4, -0.2) is 76.5 Å². The summed E-state index contributed by atoms with van der Waals surface area (Å²) in [4.78, 5) is 50.1. The maximum Gasteiger partial charge on any atom is 0.408 e. The first-order valence-electron chi connectivity index (χ1n) is 16.5. The van der Waals surface area contributed by atoms with Crippen molar-refractivity contribution in [3.05, 3.63) is 23.9 Å². The number of ether oxygens (including phenoxy) is 3. The Labute approximate surface area is 277 Å². The summed E-state index contributed by atoms with van der Waals surface area (Å²) in [6.07, 6.45) is -1.85. The minimum absolute atomic E-state index is 0.0673. The van der Waals surface area contributed by atoms with Gasteiger partial charge in [-0.3, -0.25) is 9.59 Å². The molecule has 264 valence electrons. The highest BCUT2D eigenvalue weighted by Crippen LogP contribution is 2.49. The van der Waals surface area contributed by atoms with Gasteiger partial charge in [0.15, 0.2) is 11.5 Å². The molecular formula is C34H44F4N4O6. The number of amides is 2. The van der Waals surface area contributed by atoms with Crippen molar-refractivity contribution in [2.24, 2.45) is 17.3 Å². The standard InChI is InChI=1S/C34H44F4N4O6/c1-7-21-25-17-42(26(21)18(2)43)30(44)28(32(3,4)5)41-31(45)48-24-12-8-10-19(24)11-9-15-33(35,36)34(37,38)27-29(47-25)40-23-16-20(46-6)13-14-22(23)39-27/h13-14,16,19,21,24-26,28H,7-12,15,17H2,1-6H3,(H,41,45)/t19-,21+,24+,25-,26+,28+/m0/s1. The third kappa shape index (κ3) is 6.76. The average Bonchev–Trinajstić information content (AvgIpc) is 3.61. The fourth-order valence-electron chi connectivity index (χ4n) is 7.32. The molecule has 0 radical (unpaired) electrons. The number of carbonyl (C=O) groups excluding carboxylic acids is 3. The van der Waals surface area contributed by atoms with Gasteiger partial charge in [-0.25, -0.2) is 14.8 Å². The second kappa shape index (κ2) is 13.3. The van der Waals surface area contributed by atoms with Crippen LogP contribution in [0.25, 0.3) is 11.0 Å². The molecule has 2 fully saturated rings. The maximum atomic E-state index is 16.1. The molecule has 5 rings (SSSR count). The van der Waals surface area contributed by atoms with Gasteiger partial charge in [-0.1, -0.05) is 27.7 Å². The van der Waals surface area contributed by atoms with Gasteiger partial charge >= 0.3 is 17.9 Å². The molecule has 1 aromatic heterocycles. The monoisotopic (exact) mass is 680 g/mol. The lowest BCUT2D eigenvalue weighted by Crippen LogP contribution is -2.57. The van der Waals surface area contributed by atoms with Crippen molar-refractivity contribution in [3.8, 4) is 11.6 Å². The lowest BCUT2D eigenvalue weighted by atomic mass is 9.85. The van der Waals surface area contributed by atoms with Gasteiger partial charge in [0.2, 0.25) is 11.8 Å². The summed E-state index contributed by atoms with van der Waals surface area (Å²) >= 11 is 0. The molecule has 1 N–H and O–H groups in total. The number of nitrogens with zero attached hydrogens (tertiary/aromatic N) is 3. The smallest absolute Gasteiger partial charge is 0.408 e. The number of alkyl carbamates (subject to hydrolysis) is 1. The Balaban J connectivity index is 1.65. The van der Waals surface area contributed by atoms with Crippen LogP contribution in [-0.2, 0) is 20.2 Å². The lowest BCUT2D eigenvalue weighted by Gasteiger charge is -2.35. The molecule has 0 spiro atoms. The van der Waals surface area contributed by atoms with Crippen LogP contribution in [0, 0.1) is 17.3 Å². The van der Waals surface area contributed by atoms with Gasteiger partial charge in [0.25, 0.3) is 0 Å². The fourth-order valence-corrected chi connectivity index (χ4v) is 7.32. The zero-order chi connectivity index (χ0) is 35.2. The van der Waals surface area contributed by atoms with Gasteiger partial charge in [-0.15, -0.1) is 0 Å². The number of Topliss-reactive ketones (excluding diaryl/α,β-unsaturated/α-hetero) is 1. The number of rotatable bonds is 3. The average molecular weight is 681 g/mol. The molecule has 6 atom stereocenters. The summed E-state index contributed by atoms with van der Waals surface area (Å²) in [5.41, 5.74) is -2.15. The van der Waals surface area contributed by atoms with Gasteiger partial charge in [0.05, 0.1) is 30.7 Å². The number of fused-ring (bicyclic) bond motifs is 5. The van der Waals surface area contributed by atoms with Gasteiger partial charge in [0.1, 0.15) is 24.0 Å². The summed E-state index contributed by atoms with van der Waals surface area (Å²) in [5, 5.41) is 2.71. The molecule has 2 aliphatic heterocycles. The molecule has 48 heavy (non-hydrogen) atoms. The van der Waals surface area contributed by atoms with Gasteiger partial charge in [-0.05, 0) is 68.9 Å². The third-order valence-corrected chi connectivity index (χ3v) is 9.91. The first-order chi connectivity index (χ1) is 22.5. The molecule has 1 saturated carbocycles. The molecular weight excluding hydrogens is 636 g/mol. The predicted molar refractivity (Wildman–Crippen MR) is 167 cm³/mol. The summed E-state index contributed by atoms with van der Waals surface area (Å²) in [6.45, 7) is 8.08. The molecule has 14 heteroatoms. The Morgan fingerprint density at radius 1 is 1.04 bits per heavy atom. The molecule has 2 aromatic rings. The second-order valence-electron chi connectivity index (χ2n) is 14.3. The topological polar surface area (TPSA) is 120 Å². The van der Waals surface area contributed by atoms with Crippen LogP contribution < -0.4 is 14.8 Å². The van der Waals surface area contributed by atoms with E-state index < -0.39 is 77.5 Å². The third-order valence-electron chi connectivity index (χ3n) is 9.91. The Kier molecular flexibility index (Phi) is 9.86. The predicted octanol–water partition coefficient (Wildman–Crippen LogP) is 6.43. The molecule has 10 nitrogen and oxygen atoms in total. The SMILES string of the molecule is CC[C@@H]1[C@@H]2CN(C(=O)[C@H](C(C)(C)C)NC(=O)O[C@@H]3CCC[C@H]3CCCC(F)(F)C(F)(F)c3nc4ccc(OC)cc4nc3O2)[C@@H]1C(C)=O. The number of ketones is 1. The number of halogens is 4. The van der Waals surface area contributed by atoms with E-state index in [1.165, 1.54) is 37.1 Å². The van der Waals surface area contributed by atoms with E-state index in [-0.39, 0.29) is 48.5 Å². The van der Waals surface area contributed by atoms with E-state index in [0.717, 1.165) is 0 Å². The van der Waals surface area contributed by atoms with Crippen molar-refractivity contribution in [1.29, 1.82) is 0 Å². The van der Waals surface area contributed by atoms with Gasteiger partial charge in [-0.2, -0.15) is 17.6 Å². The van der Waals surface area contributed by atoms with E-state index in [9.17, 15) is 14.4 Å². The Morgan fingerprint density at radius 3 is 2.40 bits per heavy atom. The van der Waals surface area contributed by atoms with Crippen molar-refractivity contribution in [2.75, 3.05) is 13.7 Å². The quantitative estimate of drug-likeness (QED) is 0.369. The molecule has 2 bridgehead atoms. The molecule has 1 aliphatic carbocycles. The van der Waals surface area contributed by atoms with E-state index in [1.807, 2.05) is 0 Å². The number of benzene rings is 1. The van der Waals surface area contributed by atoms with Gasteiger partial charge in [0, 0.05) is 18.4 Å². The van der Waals surface area contributed by atoms with E-state index in [2.05, 4.69) is 15.3 Å². The number of hydrogen-bond donors (Lipinski definition) is 1. The van der Waals surface area contributed by atoms with Crippen molar-refractivity contribution < 1.29 is 46.2 Å². The number of hydrogen-bond acceptors (Lipinski definition) is 8. The zero-order valence-electron chi connectivity index (χ0n) is 28.2. The van der Waals surface area contributed by atoms with Crippen molar-refractivity contribution in [2.45, 2.75) is 116 Å². The molecule has 1 aromatic carbocycles. The molecule has 2 amide bonds. The van der Waals surface area contributed by atoms with Crippen molar-refractivity contribution in [1.82, 2.24) is 20.2 Å². The minimum atomic E-state index is -4.80.